The molecule has 0 bridgehead atoms. The number of amides is 1. The zero-order valence-corrected chi connectivity index (χ0v) is 13.5. The summed E-state index contributed by atoms with van der Waals surface area (Å²) in [5.74, 6) is 1.17. The lowest BCUT2D eigenvalue weighted by atomic mass is 10.0. The average molecular weight is 290 g/mol. The summed E-state index contributed by atoms with van der Waals surface area (Å²) in [6.07, 6.45) is 2.93. The molecule has 2 heterocycles. The third-order valence-electron chi connectivity index (χ3n) is 4.00. The molecule has 21 heavy (non-hydrogen) atoms. The molecule has 0 atom stereocenters. The van der Waals surface area contributed by atoms with E-state index < -0.39 is 0 Å². The molecular formula is C16H26N4O. The largest absolute Gasteiger partial charge is 0.382 e. The Bertz CT molecular complexity index is 493. The van der Waals surface area contributed by atoms with Gasteiger partial charge in [0.25, 0.3) is 0 Å². The van der Waals surface area contributed by atoms with Crippen LogP contribution in [0.15, 0.2) is 12.1 Å². The number of hydrogen-bond acceptors (Lipinski definition) is 4. The lowest BCUT2D eigenvalue weighted by Gasteiger charge is -2.32. The smallest absolute Gasteiger partial charge is 0.219 e. The minimum absolute atomic E-state index is 0.181. The summed E-state index contributed by atoms with van der Waals surface area (Å²) in [4.78, 5) is 19.9. The Morgan fingerprint density at radius 2 is 2.05 bits per heavy atom. The molecule has 0 unspecified atom stereocenters. The fourth-order valence-corrected chi connectivity index (χ4v) is 2.64. The van der Waals surface area contributed by atoms with Crippen molar-refractivity contribution in [3.63, 3.8) is 0 Å². The van der Waals surface area contributed by atoms with Crippen LogP contribution >= 0.6 is 0 Å². The molecule has 116 valence electrons. The van der Waals surface area contributed by atoms with Crippen LogP contribution in [0.2, 0.25) is 0 Å². The standard InChI is InChI=1S/C16H26N4O/c1-5-13-10-15(11-16(18-13)19(3)4)17-14-6-8-20(9-7-14)12(2)21/h10-11,14H,5-9H2,1-4H3,(H,17,18). The number of piperidine rings is 1. The highest BCUT2D eigenvalue weighted by molar-refractivity contribution is 5.73. The number of anilines is 2. The molecule has 1 aromatic heterocycles. The molecule has 5 heteroatoms. The van der Waals surface area contributed by atoms with Crippen LogP contribution in [0.5, 0.6) is 0 Å². The van der Waals surface area contributed by atoms with Gasteiger partial charge in [-0.25, -0.2) is 4.98 Å². The fourth-order valence-electron chi connectivity index (χ4n) is 2.64. The maximum Gasteiger partial charge on any atom is 0.219 e. The molecular weight excluding hydrogens is 264 g/mol. The number of aromatic nitrogens is 1. The number of likely N-dealkylation sites (tertiary alicyclic amines) is 1. The van der Waals surface area contributed by atoms with E-state index in [0.29, 0.717) is 6.04 Å². The summed E-state index contributed by atoms with van der Waals surface area (Å²) >= 11 is 0. The molecule has 2 rings (SSSR count). The van der Waals surface area contributed by atoms with Crippen molar-refractivity contribution in [1.29, 1.82) is 0 Å². The first-order valence-corrected chi connectivity index (χ1v) is 7.70. The van der Waals surface area contributed by atoms with Gasteiger partial charge in [0.1, 0.15) is 5.82 Å². The molecule has 1 saturated heterocycles. The Hall–Kier alpha value is -1.78. The van der Waals surface area contributed by atoms with E-state index in [0.717, 1.165) is 49.6 Å². The molecule has 0 aliphatic carbocycles. The summed E-state index contributed by atoms with van der Waals surface area (Å²) in [5.41, 5.74) is 2.23. The molecule has 5 nitrogen and oxygen atoms in total. The number of carbonyl (C=O) groups excluding carboxylic acids is 1. The van der Waals surface area contributed by atoms with Crippen molar-refractivity contribution in [3.05, 3.63) is 17.8 Å². The van der Waals surface area contributed by atoms with Crippen LogP contribution in [-0.4, -0.2) is 49.0 Å². The Morgan fingerprint density at radius 3 is 2.57 bits per heavy atom. The highest BCUT2D eigenvalue weighted by Gasteiger charge is 2.20. The van der Waals surface area contributed by atoms with Gasteiger partial charge in [-0.2, -0.15) is 0 Å². The van der Waals surface area contributed by atoms with Gasteiger partial charge in [0.2, 0.25) is 5.91 Å². The molecule has 0 saturated carbocycles. The Kier molecular flexibility index (Phi) is 5.04. The predicted octanol–water partition coefficient (Wildman–Crippen LogP) is 2.13. The summed E-state index contributed by atoms with van der Waals surface area (Å²) in [6.45, 7) is 5.46. The van der Waals surface area contributed by atoms with E-state index in [1.54, 1.807) is 6.92 Å². The lowest BCUT2D eigenvalue weighted by Crippen LogP contribution is -2.41. The Balaban J connectivity index is 2.03. The van der Waals surface area contributed by atoms with Crippen LogP contribution in [0.3, 0.4) is 0 Å². The molecule has 1 aromatic rings. The van der Waals surface area contributed by atoms with Crippen LogP contribution in [0.1, 0.15) is 32.4 Å². The lowest BCUT2D eigenvalue weighted by molar-refractivity contribution is -0.129. The number of nitrogens with one attached hydrogen (secondary N) is 1. The van der Waals surface area contributed by atoms with Crippen molar-refractivity contribution in [3.8, 4) is 0 Å². The zero-order chi connectivity index (χ0) is 15.4. The molecule has 0 radical (unpaired) electrons. The monoisotopic (exact) mass is 290 g/mol. The minimum Gasteiger partial charge on any atom is -0.382 e. The van der Waals surface area contributed by atoms with E-state index in [4.69, 9.17) is 0 Å². The van der Waals surface area contributed by atoms with E-state index >= 15 is 0 Å². The molecule has 1 N–H and O–H groups in total. The van der Waals surface area contributed by atoms with Crippen molar-refractivity contribution < 1.29 is 4.79 Å². The Morgan fingerprint density at radius 1 is 1.38 bits per heavy atom. The zero-order valence-electron chi connectivity index (χ0n) is 13.5. The number of hydrogen-bond donors (Lipinski definition) is 1. The van der Waals surface area contributed by atoms with Crippen LogP contribution in [0, 0.1) is 0 Å². The molecule has 1 amide bonds. The van der Waals surface area contributed by atoms with E-state index in [1.807, 2.05) is 23.9 Å². The van der Waals surface area contributed by atoms with E-state index in [2.05, 4.69) is 29.4 Å². The van der Waals surface area contributed by atoms with Gasteiger partial charge in [-0.3, -0.25) is 4.79 Å². The van der Waals surface area contributed by atoms with Crippen molar-refractivity contribution in [2.24, 2.45) is 0 Å². The SMILES string of the molecule is CCc1cc(NC2CCN(C(C)=O)CC2)cc(N(C)C)n1. The Labute approximate surface area is 127 Å². The number of rotatable bonds is 4. The summed E-state index contributed by atoms with van der Waals surface area (Å²) in [7, 11) is 4.02. The quantitative estimate of drug-likeness (QED) is 0.923. The van der Waals surface area contributed by atoms with Crippen LogP contribution in [0.25, 0.3) is 0 Å². The van der Waals surface area contributed by atoms with Gasteiger partial charge in [0.15, 0.2) is 0 Å². The first-order chi connectivity index (χ1) is 9.99. The molecule has 1 aliphatic heterocycles. The van der Waals surface area contributed by atoms with E-state index in [-0.39, 0.29) is 5.91 Å². The van der Waals surface area contributed by atoms with Gasteiger partial charge in [-0.1, -0.05) is 6.92 Å². The van der Waals surface area contributed by atoms with Crippen LogP contribution < -0.4 is 10.2 Å². The first-order valence-electron chi connectivity index (χ1n) is 7.70. The van der Waals surface area contributed by atoms with E-state index in [9.17, 15) is 4.79 Å². The summed E-state index contributed by atoms with van der Waals surface area (Å²) in [5, 5.41) is 3.61. The molecule has 1 fully saturated rings. The van der Waals surface area contributed by atoms with Crippen molar-refractivity contribution in [2.45, 2.75) is 39.2 Å². The second-order valence-corrected chi connectivity index (χ2v) is 5.88. The van der Waals surface area contributed by atoms with Crippen LogP contribution in [-0.2, 0) is 11.2 Å². The fraction of sp³-hybridized carbons (Fsp3) is 0.625. The normalized spacial score (nSPS) is 15.9. The number of aryl methyl sites for hydroxylation is 1. The predicted molar refractivity (Wildman–Crippen MR) is 86.8 cm³/mol. The summed E-state index contributed by atoms with van der Waals surface area (Å²) in [6, 6.07) is 4.66. The molecule has 1 aliphatic rings. The van der Waals surface area contributed by atoms with Gasteiger partial charge in [0.05, 0.1) is 0 Å². The summed E-state index contributed by atoms with van der Waals surface area (Å²) < 4.78 is 0. The van der Waals surface area contributed by atoms with E-state index in [1.165, 1.54) is 0 Å². The van der Waals surface area contributed by atoms with Gasteiger partial charge in [-0.15, -0.1) is 0 Å². The van der Waals surface area contributed by atoms with Gasteiger partial charge in [0, 0.05) is 57.6 Å². The second-order valence-electron chi connectivity index (χ2n) is 5.88. The van der Waals surface area contributed by atoms with Gasteiger partial charge in [-0.05, 0) is 25.3 Å². The van der Waals surface area contributed by atoms with Gasteiger partial charge < -0.3 is 15.1 Å². The maximum atomic E-state index is 11.4. The third kappa shape index (κ3) is 4.09. The maximum absolute atomic E-state index is 11.4. The minimum atomic E-state index is 0.181. The number of nitrogens with zero attached hydrogens (tertiary/aromatic N) is 3. The number of carbonyl (C=O) groups is 1. The third-order valence-corrected chi connectivity index (χ3v) is 4.00. The number of pyridine rings is 1. The highest BCUT2D eigenvalue weighted by Crippen LogP contribution is 2.21. The molecule has 0 aromatic carbocycles. The molecule has 0 spiro atoms. The average Bonchev–Trinajstić information content (AvgIpc) is 2.47. The highest BCUT2D eigenvalue weighted by atomic mass is 16.2. The second kappa shape index (κ2) is 6.78. The van der Waals surface area contributed by atoms with Crippen LogP contribution in [0.4, 0.5) is 11.5 Å². The van der Waals surface area contributed by atoms with Crippen molar-refractivity contribution in [1.82, 2.24) is 9.88 Å². The topological polar surface area (TPSA) is 48.5 Å². The van der Waals surface area contributed by atoms with Crippen molar-refractivity contribution in [2.75, 3.05) is 37.4 Å². The van der Waals surface area contributed by atoms with Gasteiger partial charge >= 0.3 is 0 Å². The first kappa shape index (κ1) is 15.6. The van der Waals surface area contributed by atoms with Crippen molar-refractivity contribution >= 4 is 17.4 Å².